The maximum absolute atomic E-state index is 11.0. The first kappa shape index (κ1) is 24.4. The SMILES string of the molecule is CCCCCCCCCCCCCC[C@]1(O)C[N+](C)(C)C[C@@H](CC(=O)O)O1. The lowest BCUT2D eigenvalue weighted by atomic mass is 10.0. The number of ether oxygens (including phenoxy) is 1. The Balaban J connectivity index is 2.11. The molecule has 1 rings (SSSR count). The third-order valence-corrected chi connectivity index (χ3v) is 5.58. The van der Waals surface area contributed by atoms with Gasteiger partial charge in [0.05, 0.1) is 20.5 Å². The highest BCUT2D eigenvalue weighted by Gasteiger charge is 2.45. The summed E-state index contributed by atoms with van der Waals surface area (Å²) >= 11 is 0. The van der Waals surface area contributed by atoms with E-state index >= 15 is 0 Å². The van der Waals surface area contributed by atoms with Crippen LogP contribution in [-0.2, 0) is 9.53 Å². The van der Waals surface area contributed by atoms with Crippen molar-refractivity contribution < 1.29 is 24.2 Å². The molecule has 0 bridgehead atoms. The minimum Gasteiger partial charge on any atom is -0.481 e. The molecule has 0 unspecified atom stereocenters. The van der Waals surface area contributed by atoms with Gasteiger partial charge >= 0.3 is 5.97 Å². The van der Waals surface area contributed by atoms with Crippen molar-refractivity contribution in [2.75, 3.05) is 27.2 Å². The first-order valence-corrected chi connectivity index (χ1v) is 11.2. The second-order valence-corrected chi connectivity index (χ2v) is 9.20. The van der Waals surface area contributed by atoms with Crippen LogP contribution >= 0.6 is 0 Å². The Labute approximate surface area is 166 Å². The smallest absolute Gasteiger partial charge is 0.306 e. The number of aliphatic hydroxyl groups is 1. The Hall–Kier alpha value is -0.650. The number of aliphatic carboxylic acids is 1. The van der Waals surface area contributed by atoms with Crippen molar-refractivity contribution in [1.29, 1.82) is 0 Å². The van der Waals surface area contributed by atoms with Crippen molar-refractivity contribution >= 4 is 5.97 Å². The molecule has 0 aromatic rings. The van der Waals surface area contributed by atoms with Gasteiger partial charge in [-0.15, -0.1) is 0 Å². The van der Waals surface area contributed by atoms with Crippen molar-refractivity contribution in [1.82, 2.24) is 0 Å². The molecule has 5 heteroatoms. The zero-order valence-electron chi connectivity index (χ0n) is 18.0. The highest BCUT2D eigenvalue weighted by atomic mass is 16.6. The normalized spacial score (nSPS) is 24.8. The molecule has 0 aliphatic carbocycles. The summed E-state index contributed by atoms with van der Waals surface area (Å²) in [6, 6.07) is 0. The van der Waals surface area contributed by atoms with Crippen LogP contribution in [0.25, 0.3) is 0 Å². The Morgan fingerprint density at radius 2 is 1.44 bits per heavy atom. The van der Waals surface area contributed by atoms with Crippen LogP contribution in [0.4, 0.5) is 0 Å². The predicted molar refractivity (Wildman–Crippen MR) is 110 cm³/mol. The molecule has 0 amide bonds. The summed E-state index contributed by atoms with van der Waals surface area (Å²) in [5.41, 5.74) is 0. The van der Waals surface area contributed by atoms with E-state index in [0.29, 0.717) is 24.0 Å². The second kappa shape index (κ2) is 12.7. The lowest BCUT2D eigenvalue weighted by Gasteiger charge is -2.46. The molecule has 0 aromatic heterocycles. The lowest BCUT2D eigenvalue weighted by molar-refractivity contribution is -0.915. The lowest BCUT2D eigenvalue weighted by Crippen LogP contribution is -2.62. The number of hydrogen-bond donors (Lipinski definition) is 2. The fourth-order valence-electron chi connectivity index (χ4n) is 4.35. The summed E-state index contributed by atoms with van der Waals surface area (Å²) in [7, 11) is 4.06. The largest absolute Gasteiger partial charge is 0.481 e. The molecule has 1 aliphatic heterocycles. The molecule has 27 heavy (non-hydrogen) atoms. The summed E-state index contributed by atoms with van der Waals surface area (Å²) < 4.78 is 6.38. The third kappa shape index (κ3) is 11.7. The van der Waals surface area contributed by atoms with Crippen molar-refractivity contribution in [2.24, 2.45) is 0 Å². The number of likely N-dealkylation sites (N-methyl/N-ethyl adjacent to an activating group) is 1. The highest BCUT2D eigenvalue weighted by molar-refractivity contribution is 5.67. The molecule has 5 nitrogen and oxygen atoms in total. The van der Waals surface area contributed by atoms with Crippen molar-refractivity contribution in [2.45, 2.75) is 109 Å². The van der Waals surface area contributed by atoms with Crippen LogP contribution in [0, 0.1) is 0 Å². The third-order valence-electron chi connectivity index (χ3n) is 5.58. The molecular weight excluding hydrogens is 342 g/mol. The number of carboxylic acid groups (broad SMARTS) is 1. The number of hydrogen-bond acceptors (Lipinski definition) is 3. The van der Waals surface area contributed by atoms with Crippen LogP contribution in [0.1, 0.15) is 96.8 Å². The second-order valence-electron chi connectivity index (χ2n) is 9.20. The number of quaternary nitrogens is 1. The van der Waals surface area contributed by atoms with E-state index in [1.54, 1.807) is 0 Å². The summed E-state index contributed by atoms with van der Waals surface area (Å²) in [6.07, 6.45) is 15.6. The molecule has 0 aromatic carbocycles. The van der Waals surface area contributed by atoms with Gasteiger partial charge in [-0.3, -0.25) is 4.79 Å². The van der Waals surface area contributed by atoms with Crippen LogP contribution in [0.2, 0.25) is 0 Å². The zero-order valence-corrected chi connectivity index (χ0v) is 18.0. The van der Waals surface area contributed by atoms with E-state index in [-0.39, 0.29) is 6.42 Å². The van der Waals surface area contributed by atoms with E-state index in [0.717, 1.165) is 12.8 Å². The van der Waals surface area contributed by atoms with Crippen molar-refractivity contribution in [3.63, 3.8) is 0 Å². The van der Waals surface area contributed by atoms with E-state index in [1.807, 2.05) is 14.1 Å². The maximum Gasteiger partial charge on any atom is 0.306 e. The Bertz CT molecular complexity index is 413. The summed E-state index contributed by atoms with van der Waals surface area (Å²) in [5, 5.41) is 19.8. The van der Waals surface area contributed by atoms with Gasteiger partial charge in [0, 0.05) is 6.42 Å². The molecule has 160 valence electrons. The average molecular weight is 387 g/mol. The molecule has 2 N–H and O–H groups in total. The number of rotatable bonds is 15. The molecule has 0 radical (unpaired) electrons. The Morgan fingerprint density at radius 3 is 1.93 bits per heavy atom. The molecule has 1 aliphatic rings. The van der Waals surface area contributed by atoms with E-state index < -0.39 is 17.9 Å². The van der Waals surface area contributed by atoms with Gasteiger partial charge in [0.1, 0.15) is 19.2 Å². The molecular formula is C22H44NO4+. The Morgan fingerprint density at radius 1 is 0.963 bits per heavy atom. The summed E-state index contributed by atoms with van der Waals surface area (Å²) in [4.78, 5) is 11.0. The van der Waals surface area contributed by atoms with Crippen LogP contribution in [-0.4, -0.2) is 59.7 Å². The standard InChI is InChI=1S/C22H43NO4/c1-4-5-6-7-8-9-10-11-12-13-14-15-16-22(26)19-23(2,3)18-20(27-22)17-21(24)25/h20,26H,4-19H2,1-3H3/p+1/t20-,22-/m1/s1. The fourth-order valence-corrected chi connectivity index (χ4v) is 4.35. The maximum atomic E-state index is 11.0. The van der Waals surface area contributed by atoms with Crippen LogP contribution in [0.5, 0.6) is 0 Å². The van der Waals surface area contributed by atoms with Crippen LogP contribution in [0.3, 0.4) is 0 Å². The van der Waals surface area contributed by atoms with Crippen LogP contribution < -0.4 is 0 Å². The summed E-state index contributed by atoms with van der Waals surface area (Å²) in [6.45, 7) is 3.42. The van der Waals surface area contributed by atoms with Gasteiger partial charge in [-0.2, -0.15) is 0 Å². The van der Waals surface area contributed by atoms with Gasteiger partial charge in [0.25, 0.3) is 0 Å². The van der Waals surface area contributed by atoms with Gasteiger partial charge in [-0.05, 0) is 6.42 Å². The first-order valence-electron chi connectivity index (χ1n) is 11.2. The van der Waals surface area contributed by atoms with Gasteiger partial charge < -0.3 is 19.4 Å². The molecule has 2 atom stereocenters. The van der Waals surface area contributed by atoms with E-state index in [9.17, 15) is 9.90 Å². The van der Waals surface area contributed by atoms with Crippen molar-refractivity contribution in [3.8, 4) is 0 Å². The number of nitrogens with zero attached hydrogens (tertiary/aromatic N) is 1. The number of carbonyl (C=O) groups is 1. The molecule has 0 saturated carbocycles. The molecule has 0 spiro atoms. The van der Waals surface area contributed by atoms with Crippen LogP contribution in [0.15, 0.2) is 0 Å². The van der Waals surface area contributed by atoms with E-state index in [2.05, 4.69) is 6.92 Å². The molecule has 1 saturated heterocycles. The van der Waals surface area contributed by atoms with Gasteiger partial charge in [0.2, 0.25) is 5.79 Å². The zero-order chi connectivity index (χ0) is 20.2. The van der Waals surface area contributed by atoms with Gasteiger partial charge in [-0.1, -0.05) is 77.6 Å². The molecule has 1 fully saturated rings. The van der Waals surface area contributed by atoms with E-state index in [4.69, 9.17) is 9.84 Å². The number of unbranched alkanes of at least 4 members (excludes halogenated alkanes) is 11. The topological polar surface area (TPSA) is 66.8 Å². The monoisotopic (exact) mass is 386 g/mol. The Kier molecular flexibility index (Phi) is 11.5. The quantitative estimate of drug-likeness (QED) is 0.316. The summed E-state index contributed by atoms with van der Waals surface area (Å²) in [5.74, 6) is -2.05. The fraction of sp³-hybridized carbons (Fsp3) is 0.955. The van der Waals surface area contributed by atoms with E-state index in [1.165, 1.54) is 64.2 Å². The van der Waals surface area contributed by atoms with Gasteiger partial charge in [0.15, 0.2) is 0 Å². The molecule has 1 heterocycles. The minimum absolute atomic E-state index is 0.0393. The minimum atomic E-state index is -1.18. The van der Waals surface area contributed by atoms with Gasteiger partial charge in [-0.25, -0.2) is 0 Å². The predicted octanol–water partition coefficient (Wildman–Crippen LogP) is 4.72. The first-order chi connectivity index (χ1) is 12.8. The average Bonchev–Trinajstić information content (AvgIpc) is 2.53. The van der Waals surface area contributed by atoms with Crippen molar-refractivity contribution in [3.05, 3.63) is 0 Å². The number of morpholine rings is 1. The number of carboxylic acids is 1. The highest BCUT2D eigenvalue weighted by Crippen LogP contribution is 2.29.